The molecule has 1 aromatic heterocycles. The van der Waals surface area contributed by atoms with E-state index in [0.29, 0.717) is 5.92 Å². The maximum atomic E-state index is 13.1. The highest BCUT2D eigenvalue weighted by Gasteiger charge is 2.32. The molecule has 29 heavy (non-hydrogen) atoms. The Morgan fingerprint density at radius 1 is 1.03 bits per heavy atom. The summed E-state index contributed by atoms with van der Waals surface area (Å²) < 4.78 is 0. The molecule has 2 aliphatic rings. The van der Waals surface area contributed by atoms with Crippen LogP contribution in [0.5, 0.6) is 0 Å². The van der Waals surface area contributed by atoms with Crippen LogP contribution in [0.3, 0.4) is 0 Å². The van der Waals surface area contributed by atoms with Crippen molar-refractivity contribution in [2.75, 3.05) is 13.1 Å². The first kappa shape index (κ1) is 20.1. The quantitative estimate of drug-likeness (QED) is 0.750. The number of hydrogen-bond donors (Lipinski definition) is 1. The fraction of sp³-hybridized carbons (Fsp3) is 0.500. The summed E-state index contributed by atoms with van der Waals surface area (Å²) in [6.45, 7) is 1.48. The summed E-state index contributed by atoms with van der Waals surface area (Å²) in [6.07, 6.45) is 7.76. The molecule has 4 rings (SSSR count). The third-order valence-corrected chi connectivity index (χ3v) is 7.28. The van der Waals surface area contributed by atoms with E-state index in [1.54, 1.807) is 11.3 Å². The van der Waals surface area contributed by atoms with E-state index in [0.717, 1.165) is 25.1 Å². The number of amides is 2. The second-order valence-electron chi connectivity index (χ2n) is 8.26. The van der Waals surface area contributed by atoms with E-state index in [2.05, 4.69) is 28.9 Å². The molecular formula is C24H30N2O2S. The van der Waals surface area contributed by atoms with Gasteiger partial charge in [0, 0.05) is 30.8 Å². The molecule has 0 bridgehead atoms. The molecular weight excluding hydrogens is 380 g/mol. The first-order valence-electron chi connectivity index (χ1n) is 10.9. The van der Waals surface area contributed by atoms with Crippen LogP contribution in [0.4, 0.5) is 0 Å². The molecule has 2 amide bonds. The van der Waals surface area contributed by atoms with Gasteiger partial charge in [-0.3, -0.25) is 9.59 Å². The minimum atomic E-state index is -0.0380. The molecule has 1 aromatic carbocycles. The van der Waals surface area contributed by atoms with E-state index in [-0.39, 0.29) is 30.7 Å². The largest absolute Gasteiger partial charge is 0.356 e. The number of fused-ring (bicyclic) bond motifs is 1. The van der Waals surface area contributed by atoms with Crippen molar-refractivity contribution in [3.05, 3.63) is 57.8 Å². The lowest BCUT2D eigenvalue weighted by Crippen LogP contribution is -2.40. The molecule has 2 heterocycles. The Balaban J connectivity index is 1.36. The summed E-state index contributed by atoms with van der Waals surface area (Å²) in [6, 6.07) is 12.3. The predicted molar refractivity (Wildman–Crippen MR) is 117 cm³/mol. The highest BCUT2D eigenvalue weighted by atomic mass is 32.1. The van der Waals surface area contributed by atoms with E-state index in [1.807, 2.05) is 23.1 Å². The molecule has 2 aromatic rings. The second kappa shape index (κ2) is 9.57. The van der Waals surface area contributed by atoms with Crippen LogP contribution >= 0.6 is 11.3 Å². The van der Waals surface area contributed by atoms with Gasteiger partial charge >= 0.3 is 0 Å². The monoisotopic (exact) mass is 410 g/mol. The lowest BCUT2D eigenvalue weighted by molar-refractivity contribution is -0.135. The number of carbonyl (C=O) groups is 2. The number of rotatable bonds is 6. The van der Waals surface area contributed by atoms with Crippen LogP contribution in [0.1, 0.15) is 67.0 Å². The number of thiophene rings is 1. The molecule has 1 aliphatic carbocycles. The predicted octanol–water partition coefficient (Wildman–Crippen LogP) is 4.70. The normalized spacial score (nSPS) is 19.6. The van der Waals surface area contributed by atoms with Crippen molar-refractivity contribution in [2.24, 2.45) is 5.92 Å². The molecule has 0 saturated heterocycles. The van der Waals surface area contributed by atoms with E-state index >= 15 is 0 Å². The lowest BCUT2D eigenvalue weighted by atomic mass is 9.89. The van der Waals surface area contributed by atoms with Gasteiger partial charge in [0.1, 0.15) is 0 Å². The zero-order valence-electron chi connectivity index (χ0n) is 16.9. The Morgan fingerprint density at radius 3 is 2.62 bits per heavy atom. The van der Waals surface area contributed by atoms with Gasteiger partial charge in [-0.1, -0.05) is 49.6 Å². The van der Waals surface area contributed by atoms with Crippen LogP contribution in [0.25, 0.3) is 0 Å². The maximum Gasteiger partial charge on any atom is 0.223 e. The Morgan fingerprint density at radius 2 is 1.83 bits per heavy atom. The van der Waals surface area contributed by atoms with Crippen LogP contribution in [-0.2, 0) is 16.0 Å². The fourth-order valence-electron chi connectivity index (χ4n) is 4.68. The third-order valence-electron chi connectivity index (χ3n) is 6.28. The second-order valence-corrected chi connectivity index (χ2v) is 9.26. The Hall–Kier alpha value is -2.14. The topological polar surface area (TPSA) is 49.4 Å². The molecule has 1 fully saturated rings. The Labute approximate surface area is 177 Å². The van der Waals surface area contributed by atoms with E-state index < -0.39 is 0 Å². The van der Waals surface area contributed by atoms with Crippen LogP contribution in [0.2, 0.25) is 0 Å². The van der Waals surface area contributed by atoms with Gasteiger partial charge in [-0.05, 0) is 47.8 Å². The molecule has 1 N–H and O–H groups in total. The summed E-state index contributed by atoms with van der Waals surface area (Å²) in [7, 11) is 0. The van der Waals surface area contributed by atoms with Crippen LogP contribution in [-0.4, -0.2) is 29.8 Å². The summed E-state index contributed by atoms with van der Waals surface area (Å²) in [5.74, 6) is 0.696. The average molecular weight is 411 g/mol. The van der Waals surface area contributed by atoms with Crippen molar-refractivity contribution < 1.29 is 9.59 Å². The molecule has 4 nitrogen and oxygen atoms in total. The SMILES string of the molecule is O=C(CCC(=O)N1CCc2sccc2C1c1ccccc1)NCC1CCCCC1. The molecule has 1 saturated carbocycles. The van der Waals surface area contributed by atoms with Crippen molar-refractivity contribution in [3.63, 3.8) is 0 Å². The standard InChI is InChI=1S/C24H30N2O2S/c27-22(25-17-18-7-3-1-4-8-18)11-12-23(28)26-15-13-21-20(14-16-29-21)24(26)19-9-5-2-6-10-19/h2,5-6,9-10,14,16,18,24H,1,3-4,7-8,11-13,15,17H2,(H,25,27). The van der Waals surface area contributed by atoms with Crippen LogP contribution in [0, 0.1) is 5.92 Å². The molecule has 1 unspecified atom stereocenters. The molecule has 0 radical (unpaired) electrons. The smallest absolute Gasteiger partial charge is 0.223 e. The van der Waals surface area contributed by atoms with Crippen LogP contribution in [0.15, 0.2) is 41.8 Å². The Kier molecular flexibility index (Phi) is 6.65. The minimum absolute atomic E-state index is 0.00779. The number of nitrogens with one attached hydrogen (secondary N) is 1. The Bertz CT molecular complexity index is 826. The minimum Gasteiger partial charge on any atom is -0.356 e. The number of nitrogens with zero attached hydrogens (tertiary/aromatic N) is 1. The average Bonchev–Trinajstić information content (AvgIpc) is 3.25. The van der Waals surface area contributed by atoms with E-state index in [1.165, 1.54) is 42.5 Å². The third kappa shape index (κ3) is 4.89. The molecule has 154 valence electrons. The van der Waals surface area contributed by atoms with Gasteiger partial charge in [0.25, 0.3) is 0 Å². The van der Waals surface area contributed by atoms with Gasteiger partial charge in [0.2, 0.25) is 11.8 Å². The van der Waals surface area contributed by atoms with E-state index in [4.69, 9.17) is 0 Å². The van der Waals surface area contributed by atoms with Crippen molar-refractivity contribution in [1.29, 1.82) is 0 Å². The van der Waals surface area contributed by atoms with Crippen molar-refractivity contribution in [2.45, 2.75) is 57.4 Å². The van der Waals surface area contributed by atoms with Crippen LogP contribution < -0.4 is 5.32 Å². The highest BCUT2D eigenvalue weighted by molar-refractivity contribution is 7.10. The number of hydrogen-bond acceptors (Lipinski definition) is 3. The van der Waals surface area contributed by atoms with Gasteiger partial charge in [0.15, 0.2) is 0 Å². The lowest BCUT2D eigenvalue weighted by Gasteiger charge is -2.36. The van der Waals surface area contributed by atoms with Gasteiger partial charge in [0.05, 0.1) is 6.04 Å². The van der Waals surface area contributed by atoms with Gasteiger partial charge in [-0.15, -0.1) is 11.3 Å². The maximum absolute atomic E-state index is 13.1. The zero-order valence-corrected chi connectivity index (χ0v) is 17.8. The van der Waals surface area contributed by atoms with Gasteiger partial charge in [-0.25, -0.2) is 0 Å². The summed E-state index contributed by atoms with van der Waals surface area (Å²) in [5, 5.41) is 5.18. The van der Waals surface area contributed by atoms with Crippen molar-refractivity contribution >= 4 is 23.2 Å². The summed E-state index contributed by atoms with van der Waals surface area (Å²) >= 11 is 1.77. The summed E-state index contributed by atoms with van der Waals surface area (Å²) in [4.78, 5) is 28.7. The highest BCUT2D eigenvalue weighted by Crippen LogP contribution is 2.38. The zero-order chi connectivity index (χ0) is 20.1. The van der Waals surface area contributed by atoms with E-state index in [9.17, 15) is 9.59 Å². The molecule has 5 heteroatoms. The fourth-order valence-corrected chi connectivity index (χ4v) is 5.59. The molecule has 1 atom stereocenters. The molecule has 0 spiro atoms. The van der Waals surface area contributed by atoms with Gasteiger partial charge < -0.3 is 10.2 Å². The van der Waals surface area contributed by atoms with Crippen molar-refractivity contribution in [1.82, 2.24) is 10.2 Å². The first-order valence-corrected chi connectivity index (χ1v) is 11.8. The number of carbonyl (C=O) groups excluding carboxylic acids is 2. The van der Waals surface area contributed by atoms with Crippen molar-refractivity contribution in [3.8, 4) is 0 Å². The molecule has 1 aliphatic heterocycles. The first-order chi connectivity index (χ1) is 14.2. The number of benzene rings is 1. The summed E-state index contributed by atoms with van der Waals surface area (Å²) in [5.41, 5.74) is 2.38. The van der Waals surface area contributed by atoms with Gasteiger partial charge in [-0.2, -0.15) is 0 Å².